The zero-order valence-electron chi connectivity index (χ0n) is 13.2. The Hall–Kier alpha value is -1.81. The molecule has 0 amide bonds. The van der Waals surface area contributed by atoms with Crippen LogP contribution >= 0.6 is 0 Å². The van der Waals surface area contributed by atoms with Crippen LogP contribution in [0.25, 0.3) is 0 Å². The number of sulfonamides is 1. The standard InChI is InChI=1S/C14H18F3N3O3S/c1-10-8-11(2)20(19-10)12(13-4-3-6-23-13)9-18-24(21,22)7-5-14(15,16)17/h3-4,6,8,12,18H,5,7,9H2,1-2H3. The first-order valence-electron chi connectivity index (χ1n) is 7.18. The smallest absolute Gasteiger partial charge is 0.390 e. The predicted molar refractivity (Wildman–Crippen MR) is 81.0 cm³/mol. The summed E-state index contributed by atoms with van der Waals surface area (Å²) >= 11 is 0. The van der Waals surface area contributed by atoms with Gasteiger partial charge < -0.3 is 4.42 Å². The molecule has 1 atom stereocenters. The highest BCUT2D eigenvalue weighted by Gasteiger charge is 2.30. The van der Waals surface area contributed by atoms with Crippen molar-refractivity contribution in [1.29, 1.82) is 0 Å². The Kier molecular flexibility index (Phi) is 5.38. The van der Waals surface area contributed by atoms with Crippen molar-refractivity contribution in [1.82, 2.24) is 14.5 Å². The fraction of sp³-hybridized carbons (Fsp3) is 0.500. The number of aryl methyl sites for hydroxylation is 2. The summed E-state index contributed by atoms with van der Waals surface area (Å²) in [5, 5.41) is 4.29. The summed E-state index contributed by atoms with van der Waals surface area (Å²) in [5.74, 6) is -0.557. The molecule has 2 rings (SSSR count). The van der Waals surface area contributed by atoms with Crippen molar-refractivity contribution >= 4 is 10.0 Å². The van der Waals surface area contributed by atoms with Gasteiger partial charge in [0.2, 0.25) is 10.0 Å². The summed E-state index contributed by atoms with van der Waals surface area (Å²) < 4.78 is 69.3. The first-order chi connectivity index (χ1) is 11.1. The van der Waals surface area contributed by atoms with E-state index in [4.69, 9.17) is 4.42 Å². The maximum Gasteiger partial charge on any atom is 0.390 e. The third kappa shape index (κ3) is 5.10. The van der Waals surface area contributed by atoms with Crippen molar-refractivity contribution in [2.45, 2.75) is 32.5 Å². The molecule has 134 valence electrons. The van der Waals surface area contributed by atoms with Crippen LogP contribution in [-0.4, -0.2) is 36.7 Å². The summed E-state index contributed by atoms with van der Waals surface area (Å²) in [6, 6.07) is 4.53. The van der Waals surface area contributed by atoms with Crippen molar-refractivity contribution < 1.29 is 26.0 Å². The monoisotopic (exact) mass is 365 g/mol. The highest BCUT2D eigenvalue weighted by Crippen LogP contribution is 2.22. The van der Waals surface area contributed by atoms with Crippen LogP contribution in [0.5, 0.6) is 0 Å². The Morgan fingerprint density at radius 2 is 2.08 bits per heavy atom. The molecular weight excluding hydrogens is 347 g/mol. The van der Waals surface area contributed by atoms with Crippen LogP contribution in [0.4, 0.5) is 13.2 Å². The van der Waals surface area contributed by atoms with Crippen LogP contribution in [0.3, 0.4) is 0 Å². The van der Waals surface area contributed by atoms with E-state index < -0.39 is 34.4 Å². The zero-order valence-corrected chi connectivity index (χ0v) is 14.0. The number of alkyl halides is 3. The van der Waals surface area contributed by atoms with Gasteiger partial charge in [-0.2, -0.15) is 18.3 Å². The molecule has 24 heavy (non-hydrogen) atoms. The van der Waals surface area contributed by atoms with E-state index >= 15 is 0 Å². The van der Waals surface area contributed by atoms with Crippen LogP contribution in [0, 0.1) is 13.8 Å². The Bertz CT molecular complexity index is 767. The molecule has 0 fully saturated rings. The summed E-state index contributed by atoms with van der Waals surface area (Å²) in [6.45, 7) is 3.43. The summed E-state index contributed by atoms with van der Waals surface area (Å²) in [5.41, 5.74) is 1.52. The normalized spacial score (nSPS) is 14.0. The quantitative estimate of drug-likeness (QED) is 0.818. The van der Waals surface area contributed by atoms with E-state index in [0.717, 1.165) is 11.4 Å². The van der Waals surface area contributed by atoms with Gasteiger partial charge in [-0.15, -0.1) is 0 Å². The largest absolute Gasteiger partial charge is 0.467 e. The molecule has 1 N–H and O–H groups in total. The lowest BCUT2D eigenvalue weighted by Crippen LogP contribution is -2.34. The van der Waals surface area contributed by atoms with Crippen molar-refractivity contribution in [2.24, 2.45) is 0 Å². The molecule has 0 radical (unpaired) electrons. The first kappa shape index (κ1) is 18.5. The lowest BCUT2D eigenvalue weighted by Gasteiger charge is -2.18. The first-order valence-corrected chi connectivity index (χ1v) is 8.83. The van der Waals surface area contributed by atoms with Crippen molar-refractivity contribution in [3.63, 3.8) is 0 Å². The number of halogens is 3. The Labute approximate surface area is 137 Å². The van der Waals surface area contributed by atoms with E-state index in [9.17, 15) is 21.6 Å². The van der Waals surface area contributed by atoms with E-state index in [1.165, 1.54) is 6.26 Å². The van der Waals surface area contributed by atoms with Crippen LogP contribution in [0.15, 0.2) is 28.9 Å². The Morgan fingerprint density at radius 1 is 1.38 bits per heavy atom. The third-order valence-electron chi connectivity index (χ3n) is 3.36. The number of aromatic nitrogens is 2. The second-order valence-corrected chi connectivity index (χ2v) is 7.36. The molecule has 2 heterocycles. The molecule has 0 aliphatic rings. The topological polar surface area (TPSA) is 77.1 Å². The summed E-state index contributed by atoms with van der Waals surface area (Å²) in [7, 11) is -4.07. The third-order valence-corrected chi connectivity index (χ3v) is 4.71. The maximum absolute atomic E-state index is 12.2. The minimum Gasteiger partial charge on any atom is -0.467 e. The Balaban J connectivity index is 2.14. The molecule has 0 aliphatic heterocycles. The number of furan rings is 1. The SMILES string of the molecule is Cc1cc(C)n(C(CNS(=O)(=O)CCC(F)(F)F)c2ccco2)n1. The van der Waals surface area contributed by atoms with Gasteiger partial charge in [0.1, 0.15) is 11.8 Å². The molecule has 1 unspecified atom stereocenters. The van der Waals surface area contributed by atoms with E-state index in [1.54, 1.807) is 30.7 Å². The molecular formula is C14H18F3N3O3S. The minimum absolute atomic E-state index is 0.157. The number of rotatable bonds is 7. The van der Waals surface area contributed by atoms with Gasteiger partial charge in [-0.25, -0.2) is 13.1 Å². The van der Waals surface area contributed by atoms with Gasteiger partial charge in [-0.1, -0.05) is 0 Å². The average Bonchev–Trinajstić information content (AvgIpc) is 3.07. The molecule has 0 spiro atoms. The molecule has 0 bridgehead atoms. The fourth-order valence-electron chi connectivity index (χ4n) is 2.28. The van der Waals surface area contributed by atoms with E-state index in [0.29, 0.717) is 5.76 Å². The highest BCUT2D eigenvalue weighted by molar-refractivity contribution is 7.89. The molecule has 2 aromatic heterocycles. The van der Waals surface area contributed by atoms with Crippen molar-refractivity contribution in [3.05, 3.63) is 41.6 Å². The van der Waals surface area contributed by atoms with Crippen molar-refractivity contribution in [3.8, 4) is 0 Å². The lowest BCUT2D eigenvalue weighted by molar-refractivity contribution is -0.129. The molecule has 10 heteroatoms. The second kappa shape index (κ2) is 6.98. The van der Waals surface area contributed by atoms with Gasteiger partial charge in [-0.3, -0.25) is 4.68 Å². The predicted octanol–water partition coefficient (Wildman–Crippen LogP) is 2.55. The summed E-state index contributed by atoms with van der Waals surface area (Å²) in [4.78, 5) is 0. The highest BCUT2D eigenvalue weighted by atomic mass is 32.2. The number of nitrogens with zero attached hydrogens (tertiary/aromatic N) is 2. The Morgan fingerprint density at radius 3 is 2.58 bits per heavy atom. The number of nitrogens with one attached hydrogen (secondary N) is 1. The van der Waals surface area contributed by atoms with Crippen LogP contribution in [-0.2, 0) is 10.0 Å². The number of hydrogen-bond acceptors (Lipinski definition) is 4. The summed E-state index contributed by atoms with van der Waals surface area (Å²) in [6.07, 6.45) is -4.48. The minimum atomic E-state index is -4.52. The number of hydrogen-bond donors (Lipinski definition) is 1. The van der Waals surface area contributed by atoms with Gasteiger partial charge >= 0.3 is 6.18 Å². The van der Waals surface area contributed by atoms with Gasteiger partial charge in [0.05, 0.1) is 24.1 Å². The molecule has 0 saturated carbocycles. The van der Waals surface area contributed by atoms with E-state index in [1.807, 2.05) is 6.07 Å². The van der Waals surface area contributed by atoms with Crippen LogP contribution in [0.1, 0.15) is 29.6 Å². The van der Waals surface area contributed by atoms with Crippen LogP contribution in [0.2, 0.25) is 0 Å². The molecule has 0 aromatic carbocycles. The van der Waals surface area contributed by atoms with Crippen molar-refractivity contribution in [2.75, 3.05) is 12.3 Å². The van der Waals surface area contributed by atoms with Gasteiger partial charge in [0.25, 0.3) is 0 Å². The van der Waals surface area contributed by atoms with Gasteiger partial charge in [-0.05, 0) is 32.0 Å². The lowest BCUT2D eigenvalue weighted by atomic mass is 10.2. The van der Waals surface area contributed by atoms with E-state index in [-0.39, 0.29) is 6.54 Å². The molecule has 0 aliphatic carbocycles. The maximum atomic E-state index is 12.2. The molecule has 0 saturated heterocycles. The van der Waals surface area contributed by atoms with Gasteiger partial charge in [0.15, 0.2) is 0 Å². The van der Waals surface area contributed by atoms with Gasteiger partial charge in [0, 0.05) is 12.2 Å². The fourth-order valence-corrected chi connectivity index (χ4v) is 3.33. The second-order valence-electron chi connectivity index (χ2n) is 5.44. The average molecular weight is 365 g/mol. The van der Waals surface area contributed by atoms with E-state index in [2.05, 4.69) is 9.82 Å². The zero-order chi connectivity index (χ0) is 18.0. The molecule has 6 nitrogen and oxygen atoms in total. The van der Waals surface area contributed by atoms with Crippen LogP contribution < -0.4 is 4.72 Å². The molecule has 2 aromatic rings.